The molecule has 1 aliphatic heterocycles. The summed E-state index contributed by atoms with van der Waals surface area (Å²) in [5, 5.41) is 19.3. The Hall–Kier alpha value is -2.62. The largest absolute Gasteiger partial charge is 0.485 e. The average molecular weight is 405 g/mol. The number of fused-ring (bicyclic) bond motifs is 3. The number of aliphatic hydroxyl groups is 1. The van der Waals surface area contributed by atoms with Gasteiger partial charge in [-0.3, -0.25) is 0 Å². The molecule has 148 valence electrons. The molecule has 28 heavy (non-hydrogen) atoms. The first-order valence-electron chi connectivity index (χ1n) is 8.76. The van der Waals surface area contributed by atoms with Crippen LogP contribution < -0.4 is 14.2 Å². The van der Waals surface area contributed by atoms with Crippen molar-refractivity contribution in [3.63, 3.8) is 0 Å². The zero-order valence-electron chi connectivity index (χ0n) is 14.7. The van der Waals surface area contributed by atoms with Crippen LogP contribution in [0.1, 0.15) is 17.9 Å². The standard InChI is InChI=1S/C19H19NO7S/c21-13-9-15-17(18(13)20-28(24,25)11-5-2-1-3-6-11)12-7-4-8-14(19(12)27-15)26-10-16(22)23/h1-8,13,15,17-18,20-21H,9-10H2,(H,22,23)/t13-,15+,17+,18+/m0/s1. The molecule has 1 heterocycles. The number of aliphatic carboxylic acids is 1. The summed E-state index contributed by atoms with van der Waals surface area (Å²) in [6, 6.07) is 12.2. The van der Waals surface area contributed by atoms with E-state index in [1.165, 1.54) is 12.1 Å². The van der Waals surface area contributed by atoms with Crippen molar-refractivity contribution < 1.29 is 32.9 Å². The molecule has 0 radical (unpaired) electrons. The average Bonchev–Trinajstić information content (AvgIpc) is 3.17. The lowest BCUT2D eigenvalue weighted by Crippen LogP contribution is -2.43. The molecule has 9 heteroatoms. The molecule has 0 saturated heterocycles. The summed E-state index contributed by atoms with van der Waals surface area (Å²) in [6.45, 7) is -0.512. The van der Waals surface area contributed by atoms with Crippen molar-refractivity contribution in [1.29, 1.82) is 0 Å². The molecule has 4 atom stereocenters. The van der Waals surface area contributed by atoms with Gasteiger partial charge >= 0.3 is 5.97 Å². The SMILES string of the molecule is O=C(O)COc1cccc2c1O[C@@H]1C[C@H](O)[C@@H](NS(=O)(=O)c3ccccc3)[C@H]21. The van der Waals surface area contributed by atoms with Crippen molar-refractivity contribution in [2.75, 3.05) is 6.61 Å². The van der Waals surface area contributed by atoms with Gasteiger partial charge in [0.25, 0.3) is 0 Å². The molecule has 2 aromatic carbocycles. The zero-order chi connectivity index (χ0) is 19.9. The molecule has 0 spiro atoms. The van der Waals surface area contributed by atoms with Crippen molar-refractivity contribution in [2.45, 2.75) is 35.5 Å². The van der Waals surface area contributed by atoms with E-state index in [0.717, 1.165) is 0 Å². The van der Waals surface area contributed by atoms with E-state index in [2.05, 4.69) is 4.72 Å². The van der Waals surface area contributed by atoms with E-state index in [-0.39, 0.29) is 17.1 Å². The molecule has 1 aliphatic carbocycles. The number of para-hydroxylation sites is 1. The summed E-state index contributed by atoms with van der Waals surface area (Å²) < 4.78 is 39.2. The smallest absolute Gasteiger partial charge is 0.341 e. The summed E-state index contributed by atoms with van der Waals surface area (Å²) in [5.41, 5.74) is 0.685. The summed E-state index contributed by atoms with van der Waals surface area (Å²) in [7, 11) is -3.82. The molecule has 1 saturated carbocycles. The third-order valence-corrected chi connectivity index (χ3v) is 6.48. The van der Waals surface area contributed by atoms with Crippen molar-refractivity contribution in [3.8, 4) is 11.5 Å². The Morgan fingerprint density at radius 2 is 1.93 bits per heavy atom. The maximum atomic E-state index is 12.7. The van der Waals surface area contributed by atoms with Gasteiger partial charge in [-0.05, 0) is 18.2 Å². The monoisotopic (exact) mass is 405 g/mol. The predicted molar refractivity (Wildman–Crippen MR) is 97.9 cm³/mol. The van der Waals surface area contributed by atoms with Crippen molar-refractivity contribution in [2.24, 2.45) is 0 Å². The minimum atomic E-state index is -3.82. The first-order valence-corrected chi connectivity index (χ1v) is 10.2. The minimum Gasteiger partial charge on any atom is -0.485 e. The first-order chi connectivity index (χ1) is 13.4. The number of rotatable bonds is 6. The minimum absolute atomic E-state index is 0.114. The normalized spacial score (nSPS) is 25.6. The van der Waals surface area contributed by atoms with Gasteiger partial charge in [0, 0.05) is 17.9 Å². The second-order valence-electron chi connectivity index (χ2n) is 6.80. The molecular formula is C19H19NO7S. The first kappa shape index (κ1) is 18.7. The van der Waals surface area contributed by atoms with Gasteiger partial charge < -0.3 is 19.7 Å². The van der Waals surface area contributed by atoms with Crippen molar-refractivity contribution >= 4 is 16.0 Å². The van der Waals surface area contributed by atoms with Gasteiger partial charge in [-0.2, -0.15) is 0 Å². The lowest BCUT2D eigenvalue weighted by atomic mass is 9.94. The summed E-state index contributed by atoms with van der Waals surface area (Å²) in [5.74, 6) is -0.834. The second kappa shape index (κ2) is 7.08. The van der Waals surface area contributed by atoms with E-state index < -0.39 is 46.8 Å². The summed E-state index contributed by atoms with van der Waals surface area (Å²) in [4.78, 5) is 10.9. The number of hydrogen-bond acceptors (Lipinski definition) is 6. The Bertz CT molecular complexity index is 993. The molecule has 0 amide bonds. The highest BCUT2D eigenvalue weighted by Gasteiger charge is 2.51. The van der Waals surface area contributed by atoms with Gasteiger partial charge in [0.15, 0.2) is 18.1 Å². The van der Waals surface area contributed by atoms with E-state index in [1.54, 1.807) is 36.4 Å². The van der Waals surface area contributed by atoms with Gasteiger partial charge in [0.2, 0.25) is 10.0 Å². The van der Waals surface area contributed by atoms with Crippen LogP contribution in [0.25, 0.3) is 0 Å². The molecule has 2 aliphatic rings. The van der Waals surface area contributed by atoms with Crippen molar-refractivity contribution in [1.82, 2.24) is 4.72 Å². The van der Waals surface area contributed by atoms with Gasteiger partial charge in [0.1, 0.15) is 6.10 Å². The number of carboxylic acids is 1. The van der Waals surface area contributed by atoms with Crippen LogP contribution in [0.5, 0.6) is 11.5 Å². The third kappa shape index (κ3) is 3.32. The maximum Gasteiger partial charge on any atom is 0.341 e. The number of sulfonamides is 1. The Kier molecular flexibility index (Phi) is 4.74. The van der Waals surface area contributed by atoms with Crippen LogP contribution in [0.15, 0.2) is 53.4 Å². The van der Waals surface area contributed by atoms with Crippen LogP contribution in [0.4, 0.5) is 0 Å². The highest BCUT2D eigenvalue weighted by atomic mass is 32.2. The van der Waals surface area contributed by atoms with E-state index >= 15 is 0 Å². The molecule has 3 N–H and O–H groups in total. The van der Waals surface area contributed by atoms with Crippen LogP contribution in [0, 0.1) is 0 Å². The lowest BCUT2D eigenvalue weighted by Gasteiger charge is -2.22. The van der Waals surface area contributed by atoms with Gasteiger partial charge in [-0.1, -0.05) is 30.3 Å². The molecule has 0 unspecified atom stereocenters. The Morgan fingerprint density at radius 1 is 1.18 bits per heavy atom. The highest BCUT2D eigenvalue weighted by Crippen LogP contribution is 2.51. The topological polar surface area (TPSA) is 122 Å². The fraction of sp³-hybridized carbons (Fsp3) is 0.316. The quantitative estimate of drug-likeness (QED) is 0.658. The molecule has 8 nitrogen and oxygen atoms in total. The van der Waals surface area contributed by atoms with Gasteiger partial charge in [-0.25, -0.2) is 17.9 Å². The van der Waals surface area contributed by atoms with Crippen molar-refractivity contribution in [3.05, 3.63) is 54.1 Å². The Morgan fingerprint density at radius 3 is 2.64 bits per heavy atom. The number of ether oxygens (including phenoxy) is 2. The lowest BCUT2D eigenvalue weighted by molar-refractivity contribution is -0.139. The second-order valence-corrected chi connectivity index (χ2v) is 8.52. The number of hydrogen-bond donors (Lipinski definition) is 3. The number of benzene rings is 2. The van der Waals surface area contributed by atoms with Crippen LogP contribution in [-0.2, 0) is 14.8 Å². The number of nitrogens with one attached hydrogen (secondary N) is 1. The van der Waals surface area contributed by atoms with Crippen LogP contribution in [-0.4, -0.2) is 49.5 Å². The maximum absolute atomic E-state index is 12.7. The predicted octanol–water partition coefficient (Wildman–Crippen LogP) is 1.11. The van der Waals surface area contributed by atoms with E-state index in [4.69, 9.17) is 14.6 Å². The van der Waals surface area contributed by atoms with Gasteiger partial charge in [0.05, 0.1) is 17.0 Å². The molecule has 0 bridgehead atoms. The third-order valence-electron chi connectivity index (χ3n) is 5.01. The molecule has 1 fully saturated rings. The Balaban J connectivity index is 1.63. The number of carbonyl (C=O) groups is 1. The highest BCUT2D eigenvalue weighted by molar-refractivity contribution is 7.89. The molecule has 2 aromatic rings. The summed E-state index contributed by atoms with van der Waals surface area (Å²) in [6.07, 6.45) is -1.09. The molecule has 4 rings (SSSR count). The van der Waals surface area contributed by atoms with Gasteiger partial charge in [-0.15, -0.1) is 0 Å². The van der Waals surface area contributed by atoms with Crippen LogP contribution in [0.2, 0.25) is 0 Å². The zero-order valence-corrected chi connectivity index (χ0v) is 15.5. The molecule has 0 aromatic heterocycles. The fourth-order valence-corrected chi connectivity index (χ4v) is 5.16. The Labute approximate surface area is 161 Å². The molecular weight excluding hydrogens is 386 g/mol. The van der Waals surface area contributed by atoms with Crippen LogP contribution >= 0.6 is 0 Å². The number of carboxylic acid groups (broad SMARTS) is 1. The fourth-order valence-electron chi connectivity index (χ4n) is 3.84. The van der Waals surface area contributed by atoms with E-state index in [9.17, 15) is 18.3 Å². The van der Waals surface area contributed by atoms with Crippen LogP contribution in [0.3, 0.4) is 0 Å². The summed E-state index contributed by atoms with van der Waals surface area (Å²) >= 11 is 0. The van der Waals surface area contributed by atoms with E-state index in [1.807, 2.05) is 0 Å². The number of aliphatic hydroxyl groups excluding tert-OH is 1. The van der Waals surface area contributed by atoms with E-state index in [0.29, 0.717) is 11.3 Å².